The van der Waals surface area contributed by atoms with Gasteiger partial charge in [0.2, 0.25) is 0 Å². The zero-order chi connectivity index (χ0) is 8.65. The Labute approximate surface area is 75.0 Å². The maximum absolute atomic E-state index is 4.95. The minimum Gasteiger partial charge on any atom is -0.383 e. The average molecular weight is 169 g/mol. The number of methoxy groups -OCH3 is 1. The van der Waals surface area contributed by atoms with Crippen molar-refractivity contribution < 1.29 is 4.74 Å². The molecule has 0 radical (unpaired) electrons. The first-order valence-electron chi connectivity index (χ1n) is 4.78. The molecule has 2 heteroatoms. The first-order valence-corrected chi connectivity index (χ1v) is 4.78. The first kappa shape index (κ1) is 9.75. The van der Waals surface area contributed by atoms with Crippen LogP contribution >= 0.6 is 0 Å². The van der Waals surface area contributed by atoms with Crippen LogP contribution in [0.4, 0.5) is 0 Å². The number of hydrogen-bond donors (Lipinski definition) is 1. The molecule has 1 N–H and O–H groups in total. The molecule has 0 heterocycles. The SMILES string of the molecule is COCCNC[C@H]1CC=CCC1. The molecule has 0 aromatic rings. The van der Waals surface area contributed by atoms with Crippen LogP contribution in [0.3, 0.4) is 0 Å². The fraction of sp³-hybridized carbons (Fsp3) is 0.800. The van der Waals surface area contributed by atoms with E-state index in [2.05, 4.69) is 17.5 Å². The molecule has 1 atom stereocenters. The van der Waals surface area contributed by atoms with Crippen LogP contribution in [-0.2, 0) is 4.74 Å². The van der Waals surface area contributed by atoms with Gasteiger partial charge in [-0.1, -0.05) is 12.2 Å². The summed E-state index contributed by atoms with van der Waals surface area (Å²) >= 11 is 0. The molecular weight excluding hydrogens is 150 g/mol. The number of nitrogens with one attached hydrogen (secondary N) is 1. The van der Waals surface area contributed by atoms with Gasteiger partial charge in [-0.3, -0.25) is 0 Å². The van der Waals surface area contributed by atoms with Crippen molar-refractivity contribution >= 4 is 0 Å². The van der Waals surface area contributed by atoms with Crippen molar-refractivity contribution in [3.8, 4) is 0 Å². The zero-order valence-corrected chi connectivity index (χ0v) is 7.88. The first-order chi connectivity index (χ1) is 5.93. The highest BCUT2D eigenvalue weighted by molar-refractivity contribution is 4.90. The predicted molar refractivity (Wildman–Crippen MR) is 51.2 cm³/mol. The molecule has 0 saturated carbocycles. The van der Waals surface area contributed by atoms with Crippen LogP contribution in [0.1, 0.15) is 19.3 Å². The molecule has 1 aliphatic rings. The van der Waals surface area contributed by atoms with Gasteiger partial charge in [0.15, 0.2) is 0 Å². The lowest BCUT2D eigenvalue weighted by atomic mass is 9.94. The van der Waals surface area contributed by atoms with Crippen LogP contribution in [0.5, 0.6) is 0 Å². The third kappa shape index (κ3) is 3.88. The summed E-state index contributed by atoms with van der Waals surface area (Å²) in [6, 6.07) is 0. The van der Waals surface area contributed by atoms with E-state index in [1.165, 1.54) is 19.3 Å². The fourth-order valence-corrected chi connectivity index (χ4v) is 1.52. The molecule has 0 unspecified atom stereocenters. The third-order valence-electron chi connectivity index (χ3n) is 2.29. The van der Waals surface area contributed by atoms with Gasteiger partial charge in [0.1, 0.15) is 0 Å². The van der Waals surface area contributed by atoms with Crippen molar-refractivity contribution in [2.45, 2.75) is 19.3 Å². The Morgan fingerprint density at radius 1 is 1.50 bits per heavy atom. The molecule has 0 bridgehead atoms. The van der Waals surface area contributed by atoms with Crippen molar-refractivity contribution in [1.82, 2.24) is 5.32 Å². The average Bonchev–Trinajstić information content (AvgIpc) is 2.14. The second kappa shape index (κ2) is 6.21. The van der Waals surface area contributed by atoms with Gasteiger partial charge >= 0.3 is 0 Å². The summed E-state index contributed by atoms with van der Waals surface area (Å²) in [5.74, 6) is 0.854. The number of ether oxygens (including phenoxy) is 1. The largest absolute Gasteiger partial charge is 0.383 e. The molecule has 0 amide bonds. The standard InChI is InChI=1S/C10H19NO/c1-12-8-7-11-9-10-5-3-2-4-6-10/h2-3,10-11H,4-9H2,1H3/t10-/m0/s1. The molecule has 2 nitrogen and oxygen atoms in total. The summed E-state index contributed by atoms with van der Waals surface area (Å²) in [6.45, 7) is 2.95. The number of hydrogen-bond acceptors (Lipinski definition) is 2. The molecule has 12 heavy (non-hydrogen) atoms. The maximum Gasteiger partial charge on any atom is 0.0587 e. The van der Waals surface area contributed by atoms with Crippen molar-refractivity contribution in [3.63, 3.8) is 0 Å². The Kier molecular flexibility index (Phi) is 5.04. The quantitative estimate of drug-likeness (QED) is 0.498. The lowest BCUT2D eigenvalue weighted by molar-refractivity contribution is 0.197. The van der Waals surface area contributed by atoms with Crippen LogP contribution in [0, 0.1) is 5.92 Å². The third-order valence-corrected chi connectivity index (χ3v) is 2.29. The van der Waals surface area contributed by atoms with E-state index in [0.29, 0.717) is 0 Å². The van der Waals surface area contributed by atoms with E-state index >= 15 is 0 Å². The fourth-order valence-electron chi connectivity index (χ4n) is 1.52. The van der Waals surface area contributed by atoms with E-state index in [4.69, 9.17) is 4.74 Å². The Morgan fingerprint density at radius 3 is 3.08 bits per heavy atom. The Morgan fingerprint density at radius 2 is 2.42 bits per heavy atom. The molecular formula is C10H19NO. The Balaban J connectivity index is 1.95. The molecule has 70 valence electrons. The normalized spacial score (nSPS) is 22.9. The van der Waals surface area contributed by atoms with Gasteiger partial charge in [0, 0.05) is 13.7 Å². The molecule has 0 spiro atoms. The van der Waals surface area contributed by atoms with Gasteiger partial charge in [0.25, 0.3) is 0 Å². The summed E-state index contributed by atoms with van der Waals surface area (Å²) in [5, 5.41) is 3.40. The molecule has 0 aromatic heterocycles. The van der Waals surface area contributed by atoms with Crippen LogP contribution < -0.4 is 5.32 Å². The molecule has 0 saturated heterocycles. The highest BCUT2D eigenvalue weighted by atomic mass is 16.5. The summed E-state index contributed by atoms with van der Waals surface area (Å²) in [4.78, 5) is 0. The van der Waals surface area contributed by atoms with Gasteiger partial charge in [-0.25, -0.2) is 0 Å². The van der Waals surface area contributed by atoms with Crippen molar-refractivity contribution in [1.29, 1.82) is 0 Å². The number of rotatable bonds is 5. The van der Waals surface area contributed by atoms with E-state index in [9.17, 15) is 0 Å². The minimum absolute atomic E-state index is 0.822. The highest BCUT2D eigenvalue weighted by Gasteiger charge is 2.08. The smallest absolute Gasteiger partial charge is 0.0587 e. The summed E-state index contributed by atoms with van der Waals surface area (Å²) < 4.78 is 4.95. The minimum atomic E-state index is 0.822. The van der Waals surface area contributed by atoms with Gasteiger partial charge in [0.05, 0.1) is 6.61 Å². The van der Waals surface area contributed by atoms with Gasteiger partial charge < -0.3 is 10.1 Å². The molecule has 1 aliphatic carbocycles. The van der Waals surface area contributed by atoms with Crippen molar-refractivity contribution in [2.75, 3.05) is 26.8 Å². The highest BCUT2D eigenvalue weighted by Crippen LogP contribution is 2.16. The molecule has 0 aliphatic heterocycles. The lowest BCUT2D eigenvalue weighted by Gasteiger charge is -2.17. The molecule has 0 fully saturated rings. The van der Waals surface area contributed by atoms with E-state index in [1.54, 1.807) is 7.11 Å². The Hall–Kier alpha value is -0.340. The molecule has 1 rings (SSSR count). The Bertz CT molecular complexity index is 134. The second-order valence-corrected chi connectivity index (χ2v) is 3.35. The maximum atomic E-state index is 4.95. The van der Waals surface area contributed by atoms with Crippen LogP contribution in [0.15, 0.2) is 12.2 Å². The van der Waals surface area contributed by atoms with E-state index in [1.807, 2.05) is 0 Å². The van der Waals surface area contributed by atoms with Crippen LogP contribution in [-0.4, -0.2) is 26.8 Å². The molecule has 0 aromatic carbocycles. The van der Waals surface area contributed by atoms with Gasteiger partial charge in [-0.2, -0.15) is 0 Å². The van der Waals surface area contributed by atoms with Gasteiger partial charge in [-0.05, 0) is 31.7 Å². The van der Waals surface area contributed by atoms with Crippen molar-refractivity contribution in [2.24, 2.45) is 5.92 Å². The van der Waals surface area contributed by atoms with Crippen LogP contribution in [0.2, 0.25) is 0 Å². The topological polar surface area (TPSA) is 21.3 Å². The summed E-state index contributed by atoms with van der Waals surface area (Å²) in [6.07, 6.45) is 8.44. The second-order valence-electron chi connectivity index (χ2n) is 3.35. The van der Waals surface area contributed by atoms with E-state index < -0.39 is 0 Å². The lowest BCUT2D eigenvalue weighted by Crippen LogP contribution is -2.26. The number of allylic oxidation sites excluding steroid dienone is 2. The van der Waals surface area contributed by atoms with Gasteiger partial charge in [-0.15, -0.1) is 0 Å². The monoisotopic (exact) mass is 169 g/mol. The zero-order valence-electron chi connectivity index (χ0n) is 7.88. The van der Waals surface area contributed by atoms with E-state index in [-0.39, 0.29) is 0 Å². The van der Waals surface area contributed by atoms with Crippen LogP contribution in [0.25, 0.3) is 0 Å². The summed E-state index contributed by atoms with van der Waals surface area (Å²) in [5.41, 5.74) is 0. The predicted octanol–water partition coefficient (Wildman–Crippen LogP) is 1.58. The van der Waals surface area contributed by atoms with E-state index in [0.717, 1.165) is 25.6 Å². The van der Waals surface area contributed by atoms with Crippen molar-refractivity contribution in [3.05, 3.63) is 12.2 Å². The summed E-state index contributed by atoms with van der Waals surface area (Å²) in [7, 11) is 1.74.